The van der Waals surface area contributed by atoms with Crippen LogP contribution in [0.3, 0.4) is 0 Å². The van der Waals surface area contributed by atoms with Crippen LogP contribution in [0.4, 0.5) is 0 Å². The predicted octanol–water partition coefficient (Wildman–Crippen LogP) is 1.79. The summed E-state index contributed by atoms with van der Waals surface area (Å²) in [6.07, 6.45) is 7.90. The molecule has 120 valence electrons. The minimum atomic E-state index is -0.350. The Morgan fingerprint density at radius 3 is 3.09 bits per heavy atom. The van der Waals surface area contributed by atoms with E-state index in [9.17, 15) is 4.79 Å². The molecule has 3 fully saturated rings. The van der Waals surface area contributed by atoms with Gasteiger partial charge in [0.15, 0.2) is 0 Å². The van der Waals surface area contributed by atoms with E-state index in [1.807, 2.05) is 6.07 Å². The summed E-state index contributed by atoms with van der Waals surface area (Å²) in [5.41, 5.74) is 0.822. The lowest BCUT2D eigenvalue weighted by molar-refractivity contribution is -0.139. The molecule has 2 saturated heterocycles. The molecule has 1 saturated carbocycles. The van der Waals surface area contributed by atoms with Crippen LogP contribution in [0, 0.1) is 11.3 Å². The van der Waals surface area contributed by atoms with E-state index in [0.717, 1.165) is 39.0 Å². The molecule has 2 atom stereocenters. The van der Waals surface area contributed by atoms with Crippen LogP contribution in [0.25, 0.3) is 0 Å². The van der Waals surface area contributed by atoms with Crippen LogP contribution < -0.4 is 5.32 Å². The van der Waals surface area contributed by atoms with Gasteiger partial charge in [0.05, 0.1) is 24.0 Å². The summed E-state index contributed by atoms with van der Waals surface area (Å²) in [6.45, 7) is 4.17. The summed E-state index contributed by atoms with van der Waals surface area (Å²) in [5, 5.41) is 3.19. The molecule has 1 N–H and O–H groups in total. The van der Waals surface area contributed by atoms with Gasteiger partial charge in [-0.2, -0.15) is 0 Å². The molecule has 0 radical (unpaired) electrons. The molecule has 1 amide bonds. The average Bonchev–Trinajstić information content (AvgIpc) is 3.03. The van der Waals surface area contributed by atoms with Crippen molar-refractivity contribution < 1.29 is 13.9 Å². The Balaban J connectivity index is 1.45. The number of ether oxygens (including phenoxy) is 1. The summed E-state index contributed by atoms with van der Waals surface area (Å²) in [5.74, 6) is 0.922. The Labute approximate surface area is 131 Å². The molecule has 3 heterocycles. The van der Waals surface area contributed by atoms with Gasteiger partial charge in [0.25, 0.3) is 0 Å². The smallest absolute Gasteiger partial charge is 0.230 e. The number of furan rings is 1. The van der Waals surface area contributed by atoms with E-state index in [1.54, 1.807) is 12.5 Å². The van der Waals surface area contributed by atoms with Crippen LogP contribution in [0.5, 0.6) is 0 Å². The molecule has 1 aliphatic carbocycles. The quantitative estimate of drug-likeness (QED) is 0.901. The van der Waals surface area contributed by atoms with E-state index in [0.29, 0.717) is 12.5 Å². The van der Waals surface area contributed by atoms with Crippen LogP contribution >= 0.6 is 0 Å². The zero-order valence-electron chi connectivity index (χ0n) is 12.9. The van der Waals surface area contributed by atoms with Gasteiger partial charge in [-0.3, -0.25) is 9.69 Å². The first kappa shape index (κ1) is 14.3. The molecule has 0 unspecified atom stereocenters. The van der Waals surface area contributed by atoms with Gasteiger partial charge in [0.2, 0.25) is 5.91 Å². The molecule has 0 aromatic carbocycles. The molecule has 0 bridgehead atoms. The highest BCUT2D eigenvalue weighted by atomic mass is 16.5. The lowest BCUT2D eigenvalue weighted by Gasteiger charge is -2.42. The van der Waals surface area contributed by atoms with Crippen molar-refractivity contribution in [3.63, 3.8) is 0 Å². The lowest BCUT2D eigenvalue weighted by atomic mass is 9.75. The number of nitrogens with zero attached hydrogens (tertiary/aromatic N) is 1. The van der Waals surface area contributed by atoms with E-state index in [4.69, 9.17) is 9.15 Å². The Bertz CT molecular complexity index is 526. The standard InChI is InChI=1S/C17H24N2O3/c20-16(18-9-13-1-2-13)17-5-8-22-15(17)3-6-19(12-17)10-14-4-7-21-11-14/h4,7,11,13,15H,1-3,5-6,8-10,12H2,(H,18,20)/t15-,17-/m0/s1. The van der Waals surface area contributed by atoms with E-state index in [-0.39, 0.29) is 17.4 Å². The molecule has 3 aliphatic rings. The van der Waals surface area contributed by atoms with Gasteiger partial charge >= 0.3 is 0 Å². The van der Waals surface area contributed by atoms with E-state index >= 15 is 0 Å². The molecule has 2 aliphatic heterocycles. The highest BCUT2D eigenvalue weighted by Gasteiger charge is 2.53. The number of fused-ring (bicyclic) bond motifs is 1. The minimum Gasteiger partial charge on any atom is -0.472 e. The molecule has 22 heavy (non-hydrogen) atoms. The highest BCUT2D eigenvalue weighted by Crippen LogP contribution is 2.41. The SMILES string of the molecule is O=C(NCC1CC1)[C@]12CCO[C@H]1CCN(Cc1ccoc1)C2. The van der Waals surface area contributed by atoms with Gasteiger partial charge in [0, 0.05) is 38.3 Å². The number of carbonyl (C=O) groups is 1. The van der Waals surface area contributed by atoms with Gasteiger partial charge in [-0.1, -0.05) is 0 Å². The summed E-state index contributed by atoms with van der Waals surface area (Å²) in [4.78, 5) is 15.2. The molecule has 1 aromatic rings. The largest absolute Gasteiger partial charge is 0.472 e. The van der Waals surface area contributed by atoms with Crippen LogP contribution in [0.2, 0.25) is 0 Å². The number of nitrogens with one attached hydrogen (secondary N) is 1. The number of likely N-dealkylation sites (tertiary alicyclic amines) is 1. The summed E-state index contributed by atoms with van der Waals surface area (Å²) in [7, 11) is 0. The van der Waals surface area contributed by atoms with Crippen molar-refractivity contribution in [2.24, 2.45) is 11.3 Å². The molecular weight excluding hydrogens is 280 g/mol. The van der Waals surface area contributed by atoms with Gasteiger partial charge in [0.1, 0.15) is 0 Å². The summed E-state index contributed by atoms with van der Waals surface area (Å²) in [6, 6.07) is 2.00. The van der Waals surface area contributed by atoms with Gasteiger partial charge < -0.3 is 14.5 Å². The van der Waals surface area contributed by atoms with E-state index < -0.39 is 0 Å². The maximum atomic E-state index is 12.8. The molecular formula is C17H24N2O3. The van der Waals surface area contributed by atoms with Crippen molar-refractivity contribution in [3.05, 3.63) is 24.2 Å². The lowest BCUT2D eigenvalue weighted by Crippen LogP contribution is -2.57. The molecule has 1 aromatic heterocycles. The average molecular weight is 304 g/mol. The Morgan fingerprint density at radius 2 is 2.32 bits per heavy atom. The van der Waals surface area contributed by atoms with Crippen molar-refractivity contribution in [2.75, 3.05) is 26.2 Å². The van der Waals surface area contributed by atoms with Crippen molar-refractivity contribution in [1.82, 2.24) is 10.2 Å². The van der Waals surface area contributed by atoms with Crippen LogP contribution in [-0.4, -0.2) is 43.2 Å². The molecule has 4 rings (SSSR count). The van der Waals surface area contributed by atoms with Crippen molar-refractivity contribution in [2.45, 2.75) is 38.3 Å². The van der Waals surface area contributed by atoms with E-state index in [1.165, 1.54) is 18.4 Å². The minimum absolute atomic E-state index is 0.0901. The fraction of sp³-hybridized carbons (Fsp3) is 0.706. The highest BCUT2D eigenvalue weighted by molar-refractivity contribution is 5.84. The third kappa shape index (κ3) is 2.68. The maximum Gasteiger partial charge on any atom is 0.230 e. The first-order valence-corrected chi connectivity index (χ1v) is 8.40. The number of rotatable bonds is 5. The monoisotopic (exact) mass is 304 g/mol. The second-order valence-electron chi connectivity index (χ2n) is 7.05. The zero-order chi connectivity index (χ0) is 15.0. The fourth-order valence-electron chi connectivity index (χ4n) is 3.86. The fourth-order valence-corrected chi connectivity index (χ4v) is 3.86. The summed E-state index contributed by atoms with van der Waals surface area (Å²) < 4.78 is 11.0. The summed E-state index contributed by atoms with van der Waals surface area (Å²) >= 11 is 0. The first-order chi connectivity index (χ1) is 10.8. The van der Waals surface area contributed by atoms with Crippen molar-refractivity contribution in [3.8, 4) is 0 Å². The topological polar surface area (TPSA) is 54.7 Å². The zero-order valence-corrected chi connectivity index (χ0v) is 12.9. The van der Waals surface area contributed by atoms with E-state index in [2.05, 4.69) is 10.2 Å². The Morgan fingerprint density at radius 1 is 1.41 bits per heavy atom. The van der Waals surface area contributed by atoms with Crippen LogP contribution in [0.1, 0.15) is 31.2 Å². The third-order valence-corrected chi connectivity index (χ3v) is 5.38. The molecule has 0 spiro atoms. The Kier molecular flexibility index (Phi) is 3.70. The second kappa shape index (κ2) is 5.70. The van der Waals surface area contributed by atoms with Gasteiger partial charge in [-0.25, -0.2) is 0 Å². The second-order valence-corrected chi connectivity index (χ2v) is 7.05. The number of carbonyl (C=O) groups excluding carboxylic acids is 1. The normalized spacial score (nSPS) is 31.9. The Hall–Kier alpha value is -1.33. The third-order valence-electron chi connectivity index (χ3n) is 5.38. The molecule has 5 heteroatoms. The molecule has 5 nitrogen and oxygen atoms in total. The first-order valence-electron chi connectivity index (χ1n) is 8.40. The number of amides is 1. The van der Waals surface area contributed by atoms with Crippen molar-refractivity contribution >= 4 is 5.91 Å². The van der Waals surface area contributed by atoms with Crippen LogP contribution in [0.15, 0.2) is 23.0 Å². The van der Waals surface area contributed by atoms with Crippen LogP contribution in [-0.2, 0) is 16.1 Å². The number of hydrogen-bond donors (Lipinski definition) is 1. The number of piperidine rings is 1. The van der Waals surface area contributed by atoms with Gasteiger partial charge in [-0.15, -0.1) is 0 Å². The predicted molar refractivity (Wildman–Crippen MR) is 81.1 cm³/mol. The number of hydrogen-bond acceptors (Lipinski definition) is 4. The van der Waals surface area contributed by atoms with Crippen molar-refractivity contribution in [1.29, 1.82) is 0 Å². The van der Waals surface area contributed by atoms with Gasteiger partial charge in [-0.05, 0) is 37.7 Å². The maximum absolute atomic E-state index is 12.8.